The van der Waals surface area contributed by atoms with Crippen LogP contribution in [-0.2, 0) is 22.6 Å². The van der Waals surface area contributed by atoms with Crippen LogP contribution in [-0.4, -0.2) is 47.6 Å². The molecule has 7 heteroatoms. The third-order valence-electron chi connectivity index (χ3n) is 8.01. The number of carbonyl (C=O) groups excluding carboxylic acids is 2. The number of para-hydroxylation sites is 1. The van der Waals surface area contributed by atoms with Gasteiger partial charge in [-0.3, -0.25) is 14.5 Å². The van der Waals surface area contributed by atoms with Crippen molar-refractivity contribution in [1.82, 2.24) is 10.2 Å². The fourth-order valence-electron chi connectivity index (χ4n) is 5.50. The van der Waals surface area contributed by atoms with Gasteiger partial charge in [0.2, 0.25) is 11.8 Å². The zero-order valence-electron chi connectivity index (χ0n) is 26.8. The lowest BCUT2D eigenvalue weighted by Gasteiger charge is -2.34. The monoisotopic (exact) mass is 591 g/mol. The molecule has 2 aromatic carbocycles. The van der Waals surface area contributed by atoms with Gasteiger partial charge in [-0.1, -0.05) is 70.0 Å². The molecule has 0 aliphatic carbocycles. The molecule has 3 N–H and O–H groups in total. The number of unbranched alkanes of at least 4 members (excludes halogenated alkanes) is 3. The van der Waals surface area contributed by atoms with Crippen LogP contribution in [0, 0.1) is 12.8 Å². The van der Waals surface area contributed by atoms with Gasteiger partial charge in [0.1, 0.15) is 0 Å². The number of amides is 2. The molecule has 0 spiro atoms. The predicted octanol–water partition coefficient (Wildman–Crippen LogP) is 7.30. The number of nitrogens with zero attached hydrogens (tertiary/aromatic N) is 1. The van der Waals surface area contributed by atoms with Gasteiger partial charge in [0.15, 0.2) is 11.5 Å². The van der Waals surface area contributed by atoms with Gasteiger partial charge < -0.3 is 20.5 Å². The lowest BCUT2D eigenvalue weighted by molar-refractivity contribution is -0.122. The number of likely N-dealkylation sites (tertiary alicyclic amines) is 1. The number of nitrogens with one attached hydrogen (secondary N) is 2. The molecule has 2 aromatic rings. The zero-order valence-corrected chi connectivity index (χ0v) is 26.8. The van der Waals surface area contributed by atoms with Gasteiger partial charge >= 0.3 is 0 Å². The standard InChI is InChI=1S/C36H53N3O4/c1-5-6-22-39-23-12-11-17-31(39)36(42)38-35-28(4)15-13-16-30(35)21-24-43-33-25-29(19-20-32(33)40)26-37-34(41)18-10-8-7-9-14-27(2)3/h9,13-16,19-20,25,27,31,40H,5-8,10-12,17-18,21-24,26H2,1-4H3,(H,37,41)(H,38,42)/b14-9+. The van der Waals surface area contributed by atoms with E-state index < -0.39 is 0 Å². The number of carbonyl (C=O) groups is 2. The van der Waals surface area contributed by atoms with Gasteiger partial charge in [-0.2, -0.15) is 0 Å². The Morgan fingerprint density at radius 1 is 1.14 bits per heavy atom. The molecule has 0 saturated carbocycles. The number of benzene rings is 2. The number of phenolic OH excluding ortho intramolecular Hbond substituents is 1. The summed E-state index contributed by atoms with van der Waals surface area (Å²) in [7, 11) is 0. The first-order valence-electron chi connectivity index (χ1n) is 16.3. The van der Waals surface area contributed by atoms with E-state index in [0.29, 0.717) is 37.7 Å². The summed E-state index contributed by atoms with van der Waals surface area (Å²) in [5.74, 6) is 1.10. The number of piperidine rings is 1. The second-order valence-electron chi connectivity index (χ2n) is 12.1. The third-order valence-corrected chi connectivity index (χ3v) is 8.01. The van der Waals surface area contributed by atoms with Crippen LogP contribution in [0.3, 0.4) is 0 Å². The van der Waals surface area contributed by atoms with E-state index in [0.717, 1.165) is 86.8 Å². The molecule has 1 unspecified atom stereocenters. The highest BCUT2D eigenvalue weighted by molar-refractivity contribution is 5.96. The Hall–Kier alpha value is -3.32. The molecule has 236 valence electrons. The Morgan fingerprint density at radius 3 is 2.77 bits per heavy atom. The number of phenols is 1. The first-order chi connectivity index (χ1) is 20.8. The lowest BCUT2D eigenvalue weighted by Crippen LogP contribution is -2.47. The molecule has 2 amide bonds. The second-order valence-corrected chi connectivity index (χ2v) is 12.1. The number of aryl methyl sites for hydroxylation is 1. The summed E-state index contributed by atoms with van der Waals surface area (Å²) in [6.45, 7) is 11.2. The SMILES string of the molecule is CCCCN1CCCCC1C(=O)Nc1c(C)cccc1CCOc1cc(CNC(=O)CCCC/C=C/C(C)C)ccc1O. The molecule has 1 heterocycles. The molecule has 7 nitrogen and oxygen atoms in total. The number of hydrogen-bond acceptors (Lipinski definition) is 5. The Kier molecular flexibility index (Phi) is 14.6. The summed E-state index contributed by atoms with van der Waals surface area (Å²) in [5, 5.41) is 16.6. The first kappa shape index (κ1) is 34.2. The minimum atomic E-state index is -0.0870. The Bertz CT molecular complexity index is 1190. The van der Waals surface area contributed by atoms with E-state index in [4.69, 9.17) is 4.74 Å². The number of anilines is 1. The maximum atomic E-state index is 13.4. The number of aromatic hydroxyl groups is 1. The Morgan fingerprint density at radius 2 is 1.98 bits per heavy atom. The average molecular weight is 592 g/mol. The van der Waals surface area contributed by atoms with E-state index >= 15 is 0 Å². The van der Waals surface area contributed by atoms with Crippen molar-refractivity contribution in [2.45, 2.75) is 104 Å². The largest absolute Gasteiger partial charge is 0.504 e. The van der Waals surface area contributed by atoms with Crippen LogP contribution in [0.5, 0.6) is 11.5 Å². The quantitative estimate of drug-likeness (QED) is 0.133. The van der Waals surface area contributed by atoms with Crippen molar-refractivity contribution in [1.29, 1.82) is 0 Å². The third kappa shape index (κ3) is 11.7. The highest BCUT2D eigenvalue weighted by atomic mass is 16.5. The van der Waals surface area contributed by atoms with Crippen molar-refractivity contribution in [2.24, 2.45) is 5.92 Å². The molecule has 1 fully saturated rings. The van der Waals surface area contributed by atoms with Gasteiger partial charge in [0.05, 0.1) is 12.6 Å². The van der Waals surface area contributed by atoms with Crippen LogP contribution in [0.1, 0.15) is 95.2 Å². The molecule has 3 rings (SSSR count). The fourth-order valence-corrected chi connectivity index (χ4v) is 5.50. The van der Waals surface area contributed by atoms with Crippen molar-refractivity contribution >= 4 is 17.5 Å². The average Bonchev–Trinajstić information content (AvgIpc) is 2.99. The van der Waals surface area contributed by atoms with Crippen molar-refractivity contribution in [2.75, 3.05) is 25.0 Å². The maximum absolute atomic E-state index is 13.4. The molecule has 1 saturated heterocycles. The molecule has 1 atom stereocenters. The van der Waals surface area contributed by atoms with Gasteiger partial charge in [-0.25, -0.2) is 0 Å². The lowest BCUT2D eigenvalue weighted by atomic mass is 9.99. The normalized spacial score (nSPS) is 15.6. The molecular formula is C36H53N3O4. The van der Waals surface area contributed by atoms with Crippen LogP contribution in [0.25, 0.3) is 0 Å². The highest BCUT2D eigenvalue weighted by Gasteiger charge is 2.28. The van der Waals surface area contributed by atoms with Crippen molar-refractivity contribution in [3.05, 3.63) is 65.2 Å². The smallest absolute Gasteiger partial charge is 0.241 e. The van der Waals surface area contributed by atoms with E-state index in [1.165, 1.54) is 0 Å². The van der Waals surface area contributed by atoms with E-state index in [-0.39, 0.29) is 23.6 Å². The Balaban J connectivity index is 1.51. The van der Waals surface area contributed by atoms with E-state index in [2.05, 4.69) is 48.5 Å². The fraction of sp³-hybridized carbons (Fsp3) is 0.556. The van der Waals surface area contributed by atoms with E-state index in [1.54, 1.807) is 18.2 Å². The van der Waals surface area contributed by atoms with Gasteiger partial charge in [-0.05, 0) is 93.3 Å². The zero-order chi connectivity index (χ0) is 31.0. The van der Waals surface area contributed by atoms with Crippen molar-refractivity contribution in [3.8, 4) is 11.5 Å². The molecular weight excluding hydrogens is 538 g/mol. The number of hydrogen-bond donors (Lipinski definition) is 3. The van der Waals surface area contributed by atoms with E-state index in [1.807, 2.05) is 25.1 Å². The van der Waals surface area contributed by atoms with Crippen LogP contribution >= 0.6 is 0 Å². The molecule has 1 aliphatic heterocycles. The van der Waals surface area contributed by atoms with Gasteiger partial charge in [-0.15, -0.1) is 0 Å². The van der Waals surface area contributed by atoms with Crippen LogP contribution < -0.4 is 15.4 Å². The van der Waals surface area contributed by atoms with Gasteiger partial charge in [0, 0.05) is 25.1 Å². The summed E-state index contributed by atoms with van der Waals surface area (Å²) in [5.41, 5.74) is 3.75. The summed E-state index contributed by atoms with van der Waals surface area (Å²) >= 11 is 0. The number of ether oxygens (including phenoxy) is 1. The van der Waals surface area contributed by atoms with Gasteiger partial charge in [0.25, 0.3) is 0 Å². The Labute approximate surface area is 259 Å². The second kappa shape index (κ2) is 18.4. The topological polar surface area (TPSA) is 90.9 Å². The first-order valence-corrected chi connectivity index (χ1v) is 16.3. The maximum Gasteiger partial charge on any atom is 0.241 e. The number of rotatable bonds is 17. The summed E-state index contributed by atoms with van der Waals surface area (Å²) in [6.07, 6.45) is 13.7. The summed E-state index contributed by atoms with van der Waals surface area (Å²) in [4.78, 5) is 28.0. The molecule has 43 heavy (non-hydrogen) atoms. The molecule has 0 radical (unpaired) electrons. The molecule has 0 bridgehead atoms. The highest BCUT2D eigenvalue weighted by Crippen LogP contribution is 2.28. The minimum Gasteiger partial charge on any atom is -0.504 e. The van der Waals surface area contributed by atoms with Crippen molar-refractivity contribution < 1.29 is 19.4 Å². The predicted molar refractivity (Wildman–Crippen MR) is 176 cm³/mol. The van der Waals surface area contributed by atoms with E-state index in [9.17, 15) is 14.7 Å². The number of allylic oxidation sites excluding steroid dienone is 2. The van der Waals surface area contributed by atoms with Crippen molar-refractivity contribution in [3.63, 3.8) is 0 Å². The summed E-state index contributed by atoms with van der Waals surface area (Å²) < 4.78 is 5.99. The minimum absolute atomic E-state index is 0.0270. The van der Waals surface area contributed by atoms with Crippen LogP contribution in [0.15, 0.2) is 48.6 Å². The van der Waals surface area contributed by atoms with Crippen LogP contribution in [0.2, 0.25) is 0 Å². The van der Waals surface area contributed by atoms with Crippen LogP contribution in [0.4, 0.5) is 5.69 Å². The summed E-state index contributed by atoms with van der Waals surface area (Å²) in [6, 6.07) is 11.1. The molecule has 0 aromatic heterocycles. The molecule has 1 aliphatic rings.